The molecular formula is C14H23FN2O2S. The van der Waals surface area contributed by atoms with Gasteiger partial charge in [0.15, 0.2) is 0 Å². The SMILES string of the molecule is CCCCCCCCNS(=O)(=O)c1ccc(F)c(N)c1. The summed E-state index contributed by atoms with van der Waals surface area (Å²) in [6.45, 7) is 2.55. The molecule has 1 aromatic rings. The number of sulfonamides is 1. The van der Waals surface area contributed by atoms with E-state index in [2.05, 4.69) is 11.6 Å². The maximum absolute atomic E-state index is 13.0. The summed E-state index contributed by atoms with van der Waals surface area (Å²) in [5, 5.41) is 0. The molecular weight excluding hydrogens is 279 g/mol. The third kappa shape index (κ3) is 5.46. The summed E-state index contributed by atoms with van der Waals surface area (Å²) >= 11 is 0. The van der Waals surface area contributed by atoms with Crippen molar-refractivity contribution in [2.24, 2.45) is 0 Å². The Kier molecular flexibility index (Phi) is 6.95. The summed E-state index contributed by atoms with van der Waals surface area (Å²) in [6, 6.07) is 3.42. The molecule has 0 unspecified atom stereocenters. The number of halogens is 1. The van der Waals surface area contributed by atoms with Gasteiger partial charge in [-0.1, -0.05) is 39.0 Å². The van der Waals surface area contributed by atoms with Gasteiger partial charge in [0.1, 0.15) is 5.82 Å². The number of anilines is 1. The molecule has 1 rings (SSSR count). The van der Waals surface area contributed by atoms with Crippen LogP contribution >= 0.6 is 0 Å². The molecule has 0 aliphatic rings. The molecule has 0 saturated heterocycles. The first-order valence-electron chi connectivity index (χ1n) is 7.02. The number of nitrogens with one attached hydrogen (secondary N) is 1. The normalized spacial score (nSPS) is 11.7. The van der Waals surface area contributed by atoms with E-state index < -0.39 is 15.8 Å². The molecule has 0 aromatic heterocycles. The highest BCUT2D eigenvalue weighted by Gasteiger charge is 2.14. The van der Waals surface area contributed by atoms with Crippen molar-refractivity contribution in [1.82, 2.24) is 4.72 Å². The first-order valence-corrected chi connectivity index (χ1v) is 8.50. The van der Waals surface area contributed by atoms with Gasteiger partial charge in [-0.3, -0.25) is 0 Å². The zero-order valence-corrected chi connectivity index (χ0v) is 12.7. The zero-order valence-electron chi connectivity index (χ0n) is 11.9. The molecule has 0 aliphatic heterocycles. The van der Waals surface area contributed by atoms with Crippen molar-refractivity contribution in [3.05, 3.63) is 24.0 Å². The number of hydrogen-bond donors (Lipinski definition) is 2. The Labute approximate surface area is 120 Å². The molecule has 3 N–H and O–H groups in total. The molecule has 6 heteroatoms. The summed E-state index contributed by atoms with van der Waals surface area (Å²) in [6.07, 6.45) is 6.55. The van der Waals surface area contributed by atoms with E-state index in [9.17, 15) is 12.8 Å². The van der Waals surface area contributed by atoms with Gasteiger partial charge in [-0.2, -0.15) is 0 Å². The second-order valence-corrected chi connectivity index (χ2v) is 6.62. The molecule has 0 amide bonds. The minimum absolute atomic E-state index is 0.00221. The molecule has 0 spiro atoms. The molecule has 0 bridgehead atoms. The maximum atomic E-state index is 13.0. The van der Waals surface area contributed by atoms with Gasteiger partial charge >= 0.3 is 0 Å². The second kappa shape index (κ2) is 8.21. The van der Waals surface area contributed by atoms with Crippen LogP contribution in [0.25, 0.3) is 0 Å². The average Bonchev–Trinajstić information content (AvgIpc) is 2.40. The number of unbranched alkanes of at least 4 members (excludes halogenated alkanes) is 5. The minimum Gasteiger partial charge on any atom is -0.396 e. The first-order chi connectivity index (χ1) is 9.47. The molecule has 0 saturated carbocycles. The number of benzene rings is 1. The van der Waals surface area contributed by atoms with Crippen LogP contribution in [0, 0.1) is 5.82 Å². The fourth-order valence-electron chi connectivity index (χ4n) is 1.88. The number of hydrogen-bond acceptors (Lipinski definition) is 3. The number of nitrogens with two attached hydrogens (primary N) is 1. The van der Waals surface area contributed by atoms with Crippen molar-refractivity contribution < 1.29 is 12.8 Å². The van der Waals surface area contributed by atoms with E-state index in [1.54, 1.807) is 0 Å². The van der Waals surface area contributed by atoms with E-state index in [1.165, 1.54) is 25.3 Å². The van der Waals surface area contributed by atoms with Crippen LogP contribution in [-0.2, 0) is 10.0 Å². The lowest BCUT2D eigenvalue weighted by molar-refractivity contribution is 0.567. The Bertz CT molecular complexity index is 518. The van der Waals surface area contributed by atoms with E-state index in [4.69, 9.17) is 5.73 Å². The van der Waals surface area contributed by atoms with Crippen molar-refractivity contribution in [2.75, 3.05) is 12.3 Å². The Morgan fingerprint density at radius 2 is 1.80 bits per heavy atom. The summed E-state index contributed by atoms with van der Waals surface area (Å²) in [5.41, 5.74) is 5.21. The molecule has 0 aliphatic carbocycles. The lowest BCUT2D eigenvalue weighted by Crippen LogP contribution is -2.25. The third-order valence-electron chi connectivity index (χ3n) is 3.10. The highest BCUT2D eigenvalue weighted by molar-refractivity contribution is 7.89. The van der Waals surface area contributed by atoms with Gasteiger partial charge in [0.05, 0.1) is 10.6 Å². The van der Waals surface area contributed by atoms with Crippen molar-refractivity contribution in [3.63, 3.8) is 0 Å². The summed E-state index contributed by atoms with van der Waals surface area (Å²) in [7, 11) is -3.59. The quantitative estimate of drug-likeness (QED) is 0.544. The smallest absolute Gasteiger partial charge is 0.240 e. The fraction of sp³-hybridized carbons (Fsp3) is 0.571. The second-order valence-electron chi connectivity index (χ2n) is 4.85. The Morgan fingerprint density at radius 3 is 2.45 bits per heavy atom. The highest BCUT2D eigenvalue weighted by Crippen LogP contribution is 2.16. The molecule has 0 atom stereocenters. The Morgan fingerprint density at radius 1 is 1.15 bits per heavy atom. The lowest BCUT2D eigenvalue weighted by atomic mass is 10.1. The van der Waals surface area contributed by atoms with Gasteiger partial charge in [-0.05, 0) is 24.6 Å². The molecule has 4 nitrogen and oxygen atoms in total. The predicted octanol–water partition coefficient (Wildman–Crippen LogP) is 3.05. The monoisotopic (exact) mass is 302 g/mol. The van der Waals surface area contributed by atoms with Gasteiger partial charge in [0, 0.05) is 6.54 Å². The lowest BCUT2D eigenvalue weighted by Gasteiger charge is -2.07. The summed E-state index contributed by atoms with van der Waals surface area (Å²) in [4.78, 5) is 0.00221. The Hall–Kier alpha value is -1.14. The topological polar surface area (TPSA) is 72.2 Å². The molecule has 20 heavy (non-hydrogen) atoms. The van der Waals surface area contributed by atoms with Crippen LogP contribution < -0.4 is 10.5 Å². The minimum atomic E-state index is -3.59. The van der Waals surface area contributed by atoms with Crippen LogP contribution in [0.3, 0.4) is 0 Å². The van der Waals surface area contributed by atoms with Crippen molar-refractivity contribution in [3.8, 4) is 0 Å². The van der Waals surface area contributed by atoms with Crippen LogP contribution in [0.1, 0.15) is 45.4 Å². The fourth-order valence-corrected chi connectivity index (χ4v) is 2.99. The first kappa shape index (κ1) is 16.9. The van der Waals surface area contributed by atoms with Crippen LogP contribution in [0.4, 0.5) is 10.1 Å². The van der Waals surface area contributed by atoms with Crippen molar-refractivity contribution in [1.29, 1.82) is 0 Å². The van der Waals surface area contributed by atoms with Crippen LogP contribution in [0.2, 0.25) is 0 Å². The van der Waals surface area contributed by atoms with E-state index in [0.717, 1.165) is 31.4 Å². The van der Waals surface area contributed by atoms with E-state index >= 15 is 0 Å². The average molecular weight is 302 g/mol. The van der Waals surface area contributed by atoms with E-state index in [0.29, 0.717) is 6.54 Å². The summed E-state index contributed by atoms with van der Waals surface area (Å²) in [5.74, 6) is -0.611. The molecule has 114 valence electrons. The molecule has 0 heterocycles. The van der Waals surface area contributed by atoms with Gasteiger partial charge in [-0.15, -0.1) is 0 Å². The Balaban J connectivity index is 2.40. The largest absolute Gasteiger partial charge is 0.396 e. The van der Waals surface area contributed by atoms with Crippen molar-refractivity contribution >= 4 is 15.7 Å². The molecule has 0 radical (unpaired) electrons. The summed E-state index contributed by atoms with van der Waals surface area (Å²) < 4.78 is 39.4. The van der Waals surface area contributed by atoms with Gasteiger partial charge in [0.2, 0.25) is 10.0 Å². The van der Waals surface area contributed by atoms with Gasteiger partial charge in [-0.25, -0.2) is 17.5 Å². The zero-order chi connectivity index (χ0) is 15.0. The van der Waals surface area contributed by atoms with Gasteiger partial charge < -0.3 is 5.73 Å². The van der Waals surface area contributed by atoms with E-state index in [1.807, 2.05) is 0 Å². The van der Waals surface area contributed by atoms with E-state index in [-0.39, 0.29) is 10.6 Å². The number of nitrogen functional groups attached to an aromatic ring is 1. The number of rotatable bonds is 9. The van der Waals surface area contributed by atoms with Gasteiger partial charge in [0.25, 0.3) is 0 Å². The molecule has 0 fully saturated rings. The predicted molar refractivity (Wildman–Crippen MR) is 79.4 cm³/mol. The molecule has 1 aromatic carbocycles. The standard InChI is InChI=1S/C14H23FN2O2S/c1-2-3-4-5-6-7-10-17-20(18,19)12-8-9-13(15)14(16)11-12/h8-9,11,17H,2-7,10,16H2,1H3. The van der Waals surface area contributed by atoms with Crippen LogP contribution in [0.15, 0.2) is 23.1 Å². The third-order valence-corrected chi connectivity index (χ3v) is 4.56. The maximum Gasteiger partial charge on any atom is 0.240 e. The highest BCUT2D eigenvalue weighted by atomic mass is 32.2. The van der Waals surface area contributed by atoms with Crippen molar-refractivity contribution in [2.45, 2.75) is 50.3 Å². The van der Waals surface area contributed by atoms with Crippen LogP contribution in [-0.4, -0.2) is 15.0 Å². The van der Waals surface area contributed by atoms with Crippen LogP contribution in [0.5, 0.6) is 0 Å².